The number of hydrogen-bond acceptors (Lipinski definition) is 8. The summed E-state index contributed by atoms with van der Waals surface area (Å²) in [5, 5.41) is 25.1. The summed E-state index contributed by atoms with van der Waals surface area (Å²) in [4.78, 5) is 66.5. The molecule has 14 heteroatoms. The van der Waals surface area contributed by atoms with Crippen LogP contribution in [0.25, 0.3) is 0 Å². The zero-order chi connectivity index (χ0) is 25.0. The maximum atomic E-state index is 12.9. The quantitative estimate of drug-likeness (QED) is 0.151. The van der Waals surface area contributed by atoms with Gasteiger partial charge in [0.25, 0.3) is 0 Å². The molecule has 0 saturated carbocycles. The Morgan fingerprint density at radius 2 is 1.67 bits per heavy atom. The first-order chi connectivity index (χ1) is 15.5. The maximum Gasteiger partial charge on any atom is 0.325 e. The minimum Gasteiger partial charge on any atom is -0.481 e. The number of amides is 3. The van der Waals surface area contributed by atoms with Crippen LogP contribution >= 0.6 is 11.8 Å². The van der Waals surface area contributed by atoms with Gasteiger partial charge in [-0.1, -0.05) is 0 Å². The molecule has 1 aromatic rings. The summed E-state index contributed by atoms with van der Waals surface area (Å²) >= 11 is 1.44. The van der Waals surface area contributed by atoms with Crippen molar-refractivity contribution in [1.82, 2.24) is 25.9 Å². The van der Waals surface area contributed by atoms with E-state index in [-0.39, 0.29) is 19.3 Å². The van der Waals surface area contributed by atoms with E-state index < -0.39 is 60.2 Å². The number of aliphatic carboxylic acids is 2. The molecule has 1 heterocycles. The number of H-pyrrole nitrogens is 1. The highest BCUT2D eigenvalue weighted by molar-refractivity contribution is 7.98. The summed E-state index contributed by atoms with van der Waals surface area (Å²) < 4.78 is 0. The molecule has 0 aliphatic heterocycles. The van der Waals surface area contributed by atoms with Gasteiger partial charge in [-0.3, -0.25) is 24.0 Å². The Morgan fingerprint density at radius 3 is 2.21 bits per heavy atom. The Labute approximate surface area is 194 Å². The second kappa shape index (κ2) is 14.1. The molecule has 0 bridgehead atoms. The van der Waals surface area contributed by atoms with Gasteiger partial charge in [0.2, 0.25) is 17.7 Å². The van der Waals surface area contributed by atoms with Crippen molar-refractivity contribution >= 4 is 41.4 Å². The zero-order valence-electron chi connectivity index (χ0n) is 18.4. The molecular weight excluding hydrogens is 456 g/mol. The van der Waals surface area contributed by atoms with Gasteiger partial charge in [0, 0.05) is 24.7 Å². The molecule has 13 nitrogen and oxygen atoms in total. The van der Waals surface area contributed by atoms with Crippen molar-refractivity contribution in [3.63, 3.8) is 0 Å². The number of hydrogen-bond donors (Lipinski definition) is 7. The molecule has 33 heavy (non-hydrogen) atoms. The predicted octanol–water partition coefficient (Wildman–Crippen LogP) is -1.54. The van der Waals surface area contributed by atoms with E-state index >= 15 is 0 Å². The summed E-state index contributed by atoms with van der Waals surface area (Å²) in [6.07, 6.45) is 4.49. The molecule has 184 valence electrons. The fraction of sp³-hybridized carbons (Fsp3) is 0.579. The zero-order valence-corrected chi connectivity index (χ0v) is 19.2. The van der Waals surface area contributed by atoms with Crippen LogP contribution in [0.1, 0.15) is 31.9 Å². The lowest BCUT2D eigenvalue weighted by molar-refractivity contribution is -0.142. The minimum atomic E-state index is -1.30. The number of carbonyl (C=O) groups is 5. The van der Waals surface area contributed by atoms with Crippen molar-refractivity contribution in [2.45, 2.75) is 56.8 Å². The first-order valence-corrected chi connectivity index (χ1v) is 11.5. The highest BCUT2D eigenvalue weighted by Gasteiger charge is 2.29. The molecule has 4 atom stereocenters. The number of imidazole rings is 1. The topological polar surface area (TPSA) is 217 Å². The Morgan fingerprint density at radius 1 is 1.06 bits per heavy atom. The lowest BCUT2D eigenvalue weighted by Crippen LogP contribution is -2.57. The Hall–Kier alpha value is -3.13. The third-order valence-corrected chi connectivity index (χ3v) is 5.23. The van der Waals surface area contributed by atoms with Gasteiger partial charge in [-0.15, -0.1) is 0 Å². The summed E-state index contributed by atoms with van der Waals surface area (Å²) in [5.74, 6) is -4.11. The van der Waals surface area contributed by atoms with Crippen molar-refractivity contribution in [3.8, 4) is 0 Å². The summed E-state index contributed by atoms with van der Waals surface area (Å²) in [6.45, 7) is 1.24. The molecule has 0 saturated heterocycles. The first kappa shape index (κ1) is 27.9. The molecule has 1 rings (SSSR count). The number of aromatic nitrogens is 2. The lowest BCUT2D eigenvalue weighted by Gasteiger charge is -2.24. The average molecular weight is 487 g/mol. The average Bonchev–Trinajstić information content (AvgIpc) is 3.26. The summed E-state index contributed by atoms with van der Waals surface area (Å²) in [7, 11) is 0. The van der Waals surface area contributed by atoms with E-state index in [1.54, 1.807) is 0 Å². The molecule has 0 aliphatic carbocycles. The highest BCUT2D eigenvalue weighted by Crippen LogP contribution is 2.06. The predicted molar refractivity (Wildman–Crippen MR) is 119 cm³/mol. The molecule has 4 unspecified atom stereocenters. The van der Waals surface area contributed by atoms with Gasteiger partial charge in [0.15, 0.2) is 0 Å². The standard InChI is InChI=1S/C19H30N6O7S/c1-10(19(31)32)23-17(29)13(3-4-15(26)27)25-18(30)14(5-6-33-2)24-16(28)12(20)7-11-8-21-9-22-11/h8-10,12-14H,3-7,20H2,1-2H3,(H,21,22)(H,23,29)(H,24,28)(H,25,30)(H,26,27)(H,31,32). The van der Waals surface area contributed by atoms with Crippen LogP contribution in [0.2, 0.25) is 0 Å². The van der Waals surface area contributed by atoms with Gasteiger partial charge >= 0.3 is 11.9 Å². The van der Waals surface area contributed by atoms with Crippen LogP contribution in [-0.4, -0.2) is 86.0 Å². The second-order valence-electron chi connectivity index (χ2n) is 7.29. The van der Waals surface area contributed by atoms with E-state index in [0.717, 1.165) is 0 Å². The molecule has 0 aliphatic rings. The first-order valence-electron chi connectivity index (χ1n) is 10.1. The number of aromatic amines is 1. The molecule has 8 N–H and O–H groups in total. The normalized spacial score (nSPS) is 14.4. The van der Waals surface area contributed by atoms with Gasteiger partial charge < -0.3 is 36.9 Å². The summed E-state index contributed by atoms with van der Waals surface area (Å²) in [6, 6.07) is -4.54. The third kappa shape index (κ3) is 10.4. The second-order valence-corrected chi connectivity index (χ2v) is 8.28. The number of carboxylic acids is 2. The Balaban J connectivity index is 2.88. The maximum absolute atomic E-state index is 12.9. The number of thioether (sulfide) groups is 1. The summed E-state index contributed by atoms with van der Waals surface area (Å²) in [5.41, 5.74) is 6.56. The van der Waals surface area contributed by atoms with Gasteiger partial charge in [0.05, 0.1) is 12.4 Å². The monoisotopic (exact) mass is 486 g/mol. The molecule has 0 fully saturated rings. The number of nitrogens with two attached hydrogens (primary N) is 1. The van der Waals surface area contributed by atoms with E-state index in [4.69, 9.17) is 15.9 Å². The number of nitrogens with zero attached hydrogens (tertiary/aromatic N) is 1. The van der Waals surface area contributed by atoms with Gasteiger partial charge in [-0.05, 0) is 31.8 Å². The minimum absolute atomic E-state index is 0.166. The van der Waals surface area contributed by atoms with Crippen LogP contribution in [0.5, 0.6) is 0 Å². The van der Waals surface area contributed by atoms with Crippen LogP contribution in [0.4, 0.5) is 0 Å². The van der Waals surface area contributed by atoms with Gasteiger partial charge in [-0.25, -0.2) is 4.98 Å². The van der Waals surface area contributed by atoms with Gasteiger partial charge in [0.1, 0.15) is 18.1 Å². The molecule has 0 spiro atoms. The molecule has 3 amide bonds. The van der Waals surface area contributed by atoms with Crippen molar-refractivity contribution in [2.75, 3.05) is 12.0 Å². The highest BCUT2D eigenvalue weighted by atomic mass is 32.2. The van der Waals surface area contributed by atoms with E-state index in [1.165, 1.54) is 31.2 Å². The molecule has 0 aromatic carbocycles. The smallest absolute Gasteiger partial charge is 0.325 e. The van der Waals surface area contributed by atoms with E-state index in [0.29, 0.717) is 11.4 Å². The molecule has 0 radical (unpaired) electrons. The number of carbonyl (C=O) groups excluding carboxylic acids is 3. The fourth-order valence-electron chi connectivity index (χ4n) is 2.69. The fourth-order valence-corrected chi connectivity index (χ4v) is 3.17. The number of nitrogens with one attached hydrogen (secondary N) is 4. The van der Waals surface area contributed by atoms with Crippen molar-refractivity contribution < 1.29 is 34.2 Å². The van der Waals surface area contributed by atoms with Crippen molar-refractivity contribution in [1.29, 1.82) is 0 Å². The van der Waals surface area contributed by atoms with E-state index in [1.807, 2.05) is 6.26 Å². The van der Waals surface area contributed by atoms with Crippen molar-refractivity contribution in [2.24, 2.45) is 5.73 Å². The molecule has 1 aromatic heterocycles. The van der Waals surface area contributed by atoms with Crippen LogP contribution < -0.4 is 21.7 Å². The molecular formula is C19H30N6O7S. The van der Waals surface area contributed by atoms with E-state index in [9.17, 15) is 24.0 Å². The van der Waals surface area contributed by atoms with Crippen LogP contribution in [0.15, 0.2) is 12.5 Å². The Bertz CT molecular complexity index is 820. The third-order valence-electron chi connectivity index (χ3n) is 4.58. The Kier molecular flexibility index (Phi) is 11.9. The SMILES string of the molecule is CSCCC(NC(=O)C(N)Cc1cnc[nH]1)C(=O)NC(CCC(=O)O)C(=O)NC(C)C(=O)O. The van der Waals surface area contributed by atoms with Crippen molar-refractivity contribution in [3.05, 3.63) is 18.2 Å². The van der Waals surface area contributed by atoms with E-state index in [2.05, 4.69) is 25.9 Å². The van der Waals surface area contributed by atoms with Gasteiger partial charge in [-0.2, -0.15) is 11.8 Å². The van der Waals surface area contributed by atoms with Crippen LogP contribution in [0, 0.1) is 0 Å². The van der Waals surface area contributed by atoms with Crippen LogP contribution in [-0.2, 0) is 30.4 Å². The van der Waals surface area contributed by atoms with Crippen LogP contribution in [0.3, 0.4) is 0 Å². The number of rotatable bonds is 15. The largest absolute Gasteiger partial charge is 0.481 e. The lowest BCUT2D eigenvalue weighted by atomic mass is 10.1. The number of carboxylic acid groups (broad SMARTS) is 2.